The molecule has 1 atom stereocenters. The van der Waals surface area contributed by atoms with Gasteiger partial charge < -0.3 is 24.3 Å². The lowest BCUT2D eigenvalue weighted by Gasteiger charge is -2.16. The van der Waals surface area contributed by atoms with Gasteiger partial charge in [-0.15, -0.1) is 0 Å². The number of carbonyl (C=O) groups excluding carboxylic acids is 1. The predicted molar refractivity (Wildman–Crippen MR) is 104 cm³/mol. The Labute approximate surface area is 164 Å². The topological polar surface area (TPSA) is 83.8 Å². The summed E-state index contributed by atoms with van der Waals surface area (Å²) >= 11 is 0. The molecule has 0 radical (unpaired) electrons. The second-order valence-electron chi connectivity index (χ2n) is 6.47. The third-order valence-electron chi connectivity index (χ3n) is 4.41. The largest absolute Gasteiger partial charge is 0.493 e. The summed E-state index contributed by atoms with van der Waals surface area (Å²) in [5, 5.41) is 7.02. The molecule has 1 aliphatic rings. The Hall–Kier alpha value is -2.74. The molecule has 0 saturated carbocycles. The Morgan fingerprint density at radius 2 is 2.25 bits per heavy atom. The van der Waals surface area contributed by atoms with Crippen LogP contribution in [0.2, 0.25) is 0 Å². The summed E-state index contributed by atoms with van der Waals surface area (Å²) in [6, 6.07) is 7.70. The van der Waals surface area contributed by atoms with Gasteiger partial charge in [-0.2, -0.15) is 5.10 Å². The molecule has 0 aliphatic carbocycles. The van der Waals surface area contributed by atoms with E-state index in [0.29, 0.717) is 37.8 Å². The zero-order chi connectivity index (χ0) is 19.8. The number of hydrogen-bond acceptors (Lipinski definition) is 6. The molecule has 1 saturated heterocycles. The van der Waals surface area contributed by atoms with Crippen LogP contribution in [0.25, 0.3) is 11.3 Å². The molecular weight excluding hydrogens is 362 g/mol. The number of ether oxygens (including phenoxy) is 4. The first-order valence-corrected chi connectivity index (χ1v) is 9.56. The molecule has 1 amide bonds. The number of nitrogens with one attached hydrogen (secondary N) is 1. The first-order valence-electron chi connectivity index (χ1n) is 9.56. The molecule has 8 heteroatoms. The predicted octanol–water partition coefficient (Wildman–Crippen LogP) is 2.86. The highest BCUT2D eigenvalue weighted by atomic mass is 16.6. The van der Waals surface area contributed by atoms with Crippen molar-refractivity contribution in [3.63, 3.8) is 0 Å². The molecule has 28 heavy (non-hydrogen) atoms. The van der Waals surface area contributed by atoms with Gasteiger partial charge in [0.1, 0.15) is 12.7 Å². The molecule has 152 valence electrons. The zero-order valence-electron chi connectivity index (χ0n) is 16.3. The second kappa shape index (κ2) is 9.98. The summed E-state index contributed by atoms with van der Waals surface area (Å²) < 4.78 is 23.9. The first kappa shape index (κ1) is 20.0. The van der Waals surface area contributed by atoms with Gasteiger partial charge in [0.05, 0.1) is 32.6 Å². The van der Waals surface area contributed by atoms with Crippen LogP contribution < -0.4 is 14.8 Å². The minimum Gasteiger partial charge on any atom is -0.493 e. The van der Waals surface area contributed by atoms with Crippen molar-refractivity contribution in [3.05, 3.63) is 30.5 Å². The van der Waals surface area contributed by atoms with Crippen molar-refractivity contribution in [2.24, 2.45) is 0 Å². The summed E-state index contributed by atoms with van der Waals surface area (Å²) in [7, 11) is 1.62. The number of aromatic nitrogens is 2. The second-order valence-corrected chi connectivity index (χ2v) is 6.47. The van der Waals surface area contributed by atoms with Crippen LogP contribution in [-0.4, -0.2) is 55.5 Å². The van der Waals surface area contributed by atoms with E-state index in [1.165, 1.54) is 0 Å². The Bertz CT molecular complexity index is 771. The number of alkyl carbamates (subject to hydrolysis) is 1. The maximum Gasteiger partial charge on any atom is 0.407 e. The molecule has 1 fully saturated rings. The average Bonchev–Trinajstić information content (AvgIpc) is 3.38. The smallest absolute Gasteiger partial charge is 0.407 e. The van der Waals surface area contributed by atoms with Crippen LogP contribution in [-0.2, 0) is 16.0 Å². The number of methoxy groups -OCH3 is 1. The van der Waals surface area contributed by atoms with Crippen molar-refractivity contribution < 1.29 is 23.7 Å². The maximum atomic E-state index is 11.6. The molecule has 0 spiro atoms. The van der Waals surface area contributed by atoms with Crippen LogP contribution in [0.1, 0.15) is 19.8 Å². The van der Waals surface area contributed by atoms with Crippen LogP contribution in [0, 0.1) is 0 Å². The number of nitrogens with zero attached hydrogens (tertiary/aromatic N) is 2. The summed E-state index contributed by atoms with van der Waals surface area (Å²) in [5.41, 5.74) is 1.86. The Kier molecular flexibility index (Phi) is 7.13. The number of rotatable bonds is 9. The SMILES string of the molecule is CCCNC(=O)OCCn1nccc1-c1ccc(OC)c(OC2CCOC2)c1. The van der Waals surface area contributed by atoms with Gasteiger partial charge in [0.2, 0.25) is 0 Å². The molecule has 2 aromatic rings. The van der Waals surface area contributed by atoms with Crippen molar-refractivity contribution in [1.29, 1.82) is 0 Å². The fraction of sp³-hybridized carbons (Fsp3) is 0.500. The molecular formula is C20H27N3O5. The van der Waals surface area contributed by atoms with Crippen molar-refractivity contribution in [2.45, 2.75) is 32.4 Å². The third kappa shape index (κ3) is 5.16. The van der Waals surface area contributed by atoms with Crippen LogP contribution in [0.3, 0.4) is 0 Å². The van der Waals surface area contributed by atoms with Crippen molar-refractivity contribution >= 4 is 6.09 Å². The minimum atomic E-state index is -0.408. The Balaban J connectivity index is 1.68. The van der Waals surface area contributed by atoms with Crippen LogP contribution in [0.4, 0.5) is 4.79 Å². The average molecular weight is 389 g/mol. The fourth-order valence-corrected chi connectivity index (χ4v) is 2.97. The quantitative estimate of drug-likeness (QED) is 0.710. The number of amides is 1. The van der Waals surface area contributed by atoms with Gasteiger partial charge in [0.25, 0.3) is 0 Å². The summed E-state index contributed by atoms with van der Waals surface area (Å²) in [6.45, 7) is 4.59. The molecule has 1 aromatic carbocycles. The summed E-state index contributed by atoms with van der Waals surface area (Å²) in [4.78, 5) is 11.6. The van der Waals surface area contributed by atoms with E-state index in [2.05, 4.69) is 10.4 Å². The normalized spacial score (nSPS) is 16.0. The summed E-state index contributed by atoms with van der Waals surface area (Å²) in [5.74, 6) is 1.36. The van der Waals surface area contributed by atoms with E-state index in [1.807, 2.05) is 31.2 Å². The van der Waals surface area contributed by atoms with Crippen molar-refractivity contribution in [1.82, 2.24) is 15.1 Å². The number of carbonyl (C=O) groups is 1. The van der Waals surface area contributed by atoms with Gasteiger partial charge >= 0.3 is 6.09 Å². The van der Waals surface area contributed by atoms with Crippen molar-refractivity contribution in [2.75, 3.05) is 33.5 Å². The van der Waals surface area contributed by atoms with Gasteiger partial charge in [-0.1, -0.05) is 6.92 Å². The maximum absolute atomic E-state index is 11.6. The zero-order valence-corrected chi connectivity index (χ0v) is 16.3. The van der Waals surface area contributed by atoms with Gasteiger partial charge in [0, 0.05) is 24.7 Å². The van der Waals surface area contributed by atoms with Gasteiger partial charge in [-0.05, 0) is 30.7 Å². The van der Waals surface area contributed by atoms with E-state index in [1.54, 1.807) is 18.0 Å². The lowest BCUT2D eigenvalue weighted by atomic mass is 10.1. The molecule has 1 N–H and O–H groups in total. The van der Waals surface area contributed by atoms with E-state index in [-0.39, 0.29) is 12.7 Å². The highest BCUT2D eigenvalue weighted by molar-refractivity contribution is 5.67. The van der Waals surface area contributed by atoms with E-state index in [9.17, 15) is 4.79 Å². The molecule has 1 aromatic heterocycles. The van der Waals surface area contributed by atoms with Crippen LogP contribution in [0.15, 0.2) is 30.5 Å². The highest BCUT2D eigenvalue weighted by Crippen LogP contribution is 2.34. The molecule has 3 rings (SSSR count). The lowest BCUT2D eigenvalue weighted by molar-refractivity contribution is 0.138. The number of benzene rings is 1. The monoisotopic (exact) mass is 389 g/mol. The fourth-order valence-electron chi connectivity index (χ4n) is 2.97. The molecule has 1 aliphatic heterocycles. The van der Waals surface area contributed by atoms with Crippen LogP contribution >= 0.6 is 0 Å². The molecule has 2 heterocycles. The van der Waals surface area contributed by atoms with Crippen molar-refractivity contribution in [3.8, 4) is 22.8 Å². The molecule has 1 unspecified atom stereocenters. The van der Waals surface area contributed by atoms with E-state index < -0.39 is 6.09 Å². The third-order valence-corrected chi connectivity index (χ3v) is 4.41. The lowest BCUT2D eigenvalue weighted by Crippen LogP contribution is -2.26. The van der Waals surface area contributed by atoms with E-state index in [0.717, 1.165) is 24.1 Å². The molecule has 0 bridgehead atoms. The first-order chi connectivity index (χ1) is 13.7. The highest BCUT2D eigenvalue weighted by Gasteiger charge is 2.20. The van der Waals surface area contributed by atoms with Gasteiger partial charge in [-0.3, -0.25) is 4.68 Å². The molecule has 8 nitrogen and oxygen atoms in total. The Morgan fingerprint density at radius 3 is 3.00 bits per heavy atom. The summed E-state index contributed by atoms with van der Waals surface area (Å²) in [6.07, 6.45) is 3.08. The number of hydrogen-bond donors (Lipinski definition) is 1. The van der Waals surface area contributed by atoms with E-state index >= 15 is 0 Å². The van der Waals surface area contributed by atoms with E-state index in [4.69, 9.17) is 18.9 Å². The standard InChI is InChI=1S/C20H27N3O5/c1-3-8-21-20(24)27-12-10-23-17(6-9-22-23)15-4-5-18(25-2)19(13-15)28-16-7-11-26-14-16/h4-6,9,13,16H,3,7-8,10-12,14H2,1-2H3,(H,21,24). The van der Waals surface area contributed by atoms with Gasteiger partial charge in [0.15, 0.2) is 11.5 Å². The minimum absolute atomic E-state index is 0.0316. The van der Waals surface area contributed by atoms with Crippen LogP contribution in [0.5, 0.6) is 11.5 Å². The Morgan fingerprint density at radius 1 is 1.36 bits per heavy atom. The van der Waals surface area contributed by atoms with Gasteiger partial charge in [-0.25, -0.2) is 4.79 Å².